The number of halogens is 2. The van der Waals surface area contributed by atoms with E-state index in [1.54, 1.807) is 22.5 Å². The predicted molar refractivity (Wildman–Crippen MR) is 120 cm³/mol. The van der Waals surface area contributed by atoms with Crippen molar-refractivity contribution in [1.82, 2.24) is 15.8 Å². The number of hydrogen-bond donors (Lipinski definition) is 2. The average molecular weight is 463 g/mol. The maximum atomic E-state index is 13.2. The van der Waals surface area contributed by atoms with Crippen LogP contribution in [0.15, 0.2) is 48.5 Å². The number of alkyl halides is 2. The Morgan fingerprint density at radius 1 is 1.00 bits per heavy atom. The summed E-state index contributed by atoms with van der Waals surface area (Å²) in [4.78, 5) is 39.7. The summed E-state index contributed by atoms with van der Waals surface area (Å²) >= 11 is 1.82. The van der Waals surface area contributed by atoms with Gasteiger partial charge in [-0.2, -0.15) is 20.5 Å². The fourth-order valence-corrected chi connectivity index (χ4v) is 4.01. The van der Waals surface area contributed by atoms with Crippen LogP contribution in [0.25, 0.3) is 0 Å². The fourth-order valence-electron chi connectivity index (χ4n) is 3.11. The molecule has 0 saturated carbocycles. The second-order valence-electron chi connectivity index (χ2n) is 7.24. The summed E-state index contributed by atoms with van der Waals surface area (Å²) in [5.41, 5.74) is 6.43. The van der Waals surface area contributed by atoms with Gasteiger partial charge in [0.15, 0.2) is 0 Å². The van der Waals surface area contributed by atoms with Crippen molar-refractivity contribution in [1.29, 1.82) is 0 Å². The van der Waals surface area contributed by atoms with Gasteiger partial charge in [0.2, 0.25) is 0 Å². The minimum Gasteiger partial charge on any atom is -0.323 e. The van der Waals surface area contributed by atoms with Crippen molar-refractivity contribution >= 4 is 35.3 Å². The number of carbonyl (C=O) groups excluding carboxylic acids is 3. The molecule has 1 saturated heterocycles. The van der Waals surface area contributed by atoms with E-state index >= 15 is 0 Å². The molecule has 0 atom stereocenters. The zero-order valence-electron chi connectivity index (χ0n) is 17.5. The van der Waals surface area contributed by atoms with Gasteiger partial charge in [0.1, 0.15) is 0 Å². The average Bonchev–Trinajstić information content (AvgIpc) is 2.82. The van der Waals surface area contributed by atoms with E-state index in [1.165, 1.54) is 12.1 Å². The maximum Gasteiger partial charge on any atom is 0.324 e. The third-order valence-corrected chi connectivity index (χ3v) is 5.85. The van der Waals surface area contributed by atoms with Gasteiger partial charge in [-0.25, -0.2) is 4.79 Å². The van der Waals surface area contributed by atoms with Crippen molar-refractivity contribution in [3.05, 3.63) is 65.2 Å². The highest BCUT2D eigenvalue weighted by Crippen LogP contribution is 2.22. The quantitative estimate of drug-likeness (QED) is 0.669. The molecule has 1 fully saturated rings. The molecule has 2 aromatic carbocycles. The number of hydrazine groups is 1. The first-order valence-corrected chi connectivity index (χ1v) is 11.2. The van der Waals surface area contributed by atoms with E-state index in [0.717, 1.165) is 28.3 Å². The molecule has 2 aromatic rings. The topological polar surface area (TPSA) is 81.8 Å². The molecule has 170 valence electrons. The summed E-state index contributed by atoms with van der Waals surface area (Å²) < 4.78 is 24.4. The molecular weight excluding hydrogens is 438 g/mol. The number of urea groups is 1. The van der Waals surface area contributed by atoms with Gasteiger partial charge in [0.25, 0.3) is 5.91 Å². The molecule has 7 nitrogen and oxygen atoms in total. The first kappa shape index (κ1) is 23.5. The summed E-state index contributed by atoms with van der Waals surface area (Å²) in [6, 6.07) is 14.0. The van der Waals surface area contributed by atoms with Crippen LogP contribution in [0.3, 0.4) is 0 Å². The lowest BCUT2D eigenvalue weighted by Gasteiger charge is -2.33. The van der Waals surface area contributed by atoms with Crippen LogP contribution in [0.4, 0.5) is 19.3 Å². The summed E-state index contributed by atoms with van der Waals surface area (Å²) in [5, 5.41) is 0. The van der Waals surface area contributed by atoms with Crippen LogP contribution in [0.5, 0.6) is 0 Å². The molecule has 0 bridgehead atoms. The molecule has 0 spiro atoms. The Morgan fingerprint density at radius 3 is 2.22 bits per heavy atom. The zero-order chi connectivity index (χ0) is 23.1. The number of nitrogens with zero attached hydrogens (tertiary/aromatic N) is 2. The second kappa shape index (κ2) is 10.9. The molecule has 10 heteroatoms. The number of rotatable bonds is 5. The molecule has 1 aliphatic rings. The van der Waals surface area contributed by atoms with E-state index in [-0.39, 0.29) is 11.6 Å². The van der Waals surface area contributed by atoms with Gasteiger partial charge in [-0.05, 0) is 36.8 Å². The van der Waals surface area contributed by atoms with Gasteiger partial charge >= 0.3 is 18.4 Å². The SMILES string of the molecule is Cc1ccc(N(Cc2ccc(C(=O)NNC(=O)C(F)F)cc2)C(=O)N2CCSCC2)cc1. The molecular formula is C22H24F2N4O3S. The highest BCUT2D eigenvalue weighted by Gasteiger charge is 2.24. The fraction of sp³-hybridized carbons (Fsp3) is 0.318. The molecule has 0 aromatic heterocycles. The van der Waals surface area contributed by atoms with Gasteiger partial charge in [0.05, 0.1) is 6.54 Å². The van der Waals surface area contributed by atoms with Crippen LogP contribution < -0.4 is 15.8 Å². The number of anilines is 1. The van der Waals surface area contributed by atoms with Crippen molar-refractivity contribution in [3.63, 3.8) is 0 Å². The number of aryl methyl sites for hydroxylation is 1. The van der Waals surface area contributed by atoms with Crippen molar-refractivity contribution in [2.45, 2.75) is 19.9 Å². The van der Waals surface area contributed by atoms with E-state index in [1.807, 2.05) is 53.3 Å². The monoisotopic (exact) mass is 462 g/mol. The van der Waals surface area contributed by atoms with Gasteiger partial charge in [-0.15, -0.1) is 0 Å². The molecule has 2 N–H and O–H groups in total. The van der Waals surface area contributed by atoms with E-state index < -0.39 is 18.2 Å². The van der Waals surface area contributed by atoms with Gasteiger partial charge < -0.3 is 4.90 Å². The predicted octanol–water partition coefficient (Wildman–Crippen LogP) is 3.20. The number of benzene rings is 2. The first-order chi connectivity index (χ1) is 15.3. The number of nitrogens with one attached hydrogen (secondary N) is 2. The van der Waals surface area contributed by atoms with Crippen molar-refractivity contribution in [2.75, 3.05) is 29.5 Å². The highest BCUT2D eigenvalue weighted by atomic mass is 32.2. The number of thioether (sulfide) groups is 1. The standard InChI is InChI=1S/C22H24F2N4O3S/c1-15-2-8-18(9-3-15)28(22(31)27-10-12-32-13-11-27)14-16-4-6-17(7-5-16)20(29)25-26-21(30)19(23)24/h2-9,19H,10-14H2,1H3,(H,25,29)(H,26,30). The van der Waals surface area contributed by atoms with E-state index in [4.69, 9.17) is 0 Å². The molecule has 0 radical (unpaired) electrons. The molecule has 1 aliphatic heterocycles. The maximum absolute atomic E-state index is 13.2. The lowest BCUT2D eigenvalue weighted by atomic mass is 10.1. The molecule has 4 amide bonds. The number of carbonyl (C=O) groups is 3. The Balaban J connectivity index is 1.72. The van der Waals surface area contributed by atoms with Gasteiger partial charge in [-0.3, -0.25) is 25.3 Å². The molecule has 0 aliphatic carbocycles. The van der Waals surface area contributed by atoms with Gasteiger partial charge in [-0.1, -0.05) is 29.8 Å². The van der Waals surface area contributed by atoms with E-state index in [9.17, 15) is 23.2 Å². The Bertz CT molecular complexity index is 949. The Morgan fingerprint density at radius 2 is 1.62 bits per heavy atom. The summed E-state index contributed by atoms with van der Waals surface area (Å²) in [6.07, 6.45) is -3.22. The summed E-state index contributed by atoms with van der Waals surface area (Å²) in [6.45, 7) is 3.66. The van der Waals surface area contributed by atoms with Crippen LogP contribution in [0.1, 0.15) is 21.5 Å². The summed E-state index contributed by atoms with van der Waals surface area (Å²) in [7, 11) is 0. The largest absolute Gasteiger partial charge is 0.324 e. The molecule has 3 rings (SSSR count). The third kappa shape index (κ3) is 6.19. The lowest BCUT2D eigenvalue weighted by Crippen LogP contribution is -2.46. The third-order valence-electron chi connectivity index (χ3n) is 4.91. The molecule has 32 heavy (non-hydrogen) atoms. The normalized spacial score (nSPS) is 13.6. The smallest absolute Gasteiger partial charge is 0.323 e. The zero-order valence-corrected chi connectivity index (χ0v) is 18.3. The Hall–Kier alpha value is -3.14. The van der Waals surface area contributed by atoms with E-state index in [2.05, 4.69) is 0 Å². The van der Waals surface area contributed by atoms with Crippen LogP contribution in [-0.4, -0.2) is 53.8 Å². The Kier molecular flexibility index (Phi) is 8.04. The molecule has 0 unspecified atom stereocenters. The number of hydrogen-bond acceptors (Lipinski definition) is 4. The van der Waals surface area contributed by atoms with Crippen LogP contribution >= 0.6 is 11.8 Å². The first-order valence-electron chi connectivity index (χ1n) is 10.0. The number of amides is 4. The summed E-state index contributed by atoms with van der Waals surface area (Å²) in [5.74, 6) is -0.500. The van der Waals surface area contributed by atoms with Crippen molar-refractivity contribution in [2.24, 2.45) is 0 Å². The van der Waals surface area contributed by atoms with Gasteiger partial charge in [0, 0.05) is 35.8 Å². The van der Waals surface area contributed by atoms with Crippen molar-refractivity contribution in [3.8, 4) is 0 Å². The minimum atomic E-state index is -3.22. The van der Waals surface area contributed by atoms with E-state index in [0.29, 0.717) is 19.6 Å². The van der Waals surface area contributed by atoms with Crippen LogP contribution in [-0.2, 0) is 11.3 Å². The van der Waals surface area contributed by atoms with Crippen LogP contribution in [0.2, 0.25) is 0 Å². The van der Waals surface area contributed by atoms with Crippen molar-refractivity contribution < 1.29 is 23.2 Å². The lowest BCUT2D eigenvalue weighted by molar-refractivity contribution is -0.132. The second-order valence-corrected chi connectivity index (χ2v) is 8.47. The highest BCUT2D eigenvalue weighted by molar-refractivity contribution is 7.99. The molecule has 1 heterocycles. The Labute approximate surface area is 189 Å². The minimum absolute atomic E-state index is 0.0781. The van der Waals surface area contributed by atoms with Crippen LogP contribution in [0, 0.1) is 6.92 Å².